The summed E-state index contributed by atoms with van der Waals surface area (Å²) in [6, 6.07) is 4.12. The molecule has 130 valence electrons. The number of benzene rings is 1. The predicted octanol–water partition coefficient (Wildman–Crippen LogP) is 2.40. The first kappa shape index (κ1) is 15.8. The first-order valence-electron chi connectivity index (χ1n) is 8.24. The Balaban J connectivity index is 1.74. The molecule has 1 saturated heterocycles. The van der Waals surface area contributed by atoms with Gasteiger partial charge in [0.25, 0.3) is 5.91 Å². The highest BCUT2D eigenvalue weighted by atomic mass is 19.1. The van der Waals surface area contributed by atoms with Crippen LogP contribution in [0.5, 0.6) is 0 Å². The van der Waals surface area contributed by atoms with Crippen LogP contribution in [0.3, 0.4) is 0 Å². The van der Waals surface area contributed by atoms with E-state index in [0.717, 1.165) is 5.82 Å². The minimum absolute atomic E-state index is 0.175. The quantitative estimate of drug-likeness (QED) is 0.777. The average molecular weight is 342 g/mol. The Kier molecular flexibility index (Phi) is 3.80. The molecular formula is C18H19FN4O2. The van der Waals surface area contributed by atoms with Crippen LogP contribution < -0.4 is 5.32 Å². The summed E-state index contributed by atoms with van der Waals surface area (Å²) in [6.45, 7) is 3.68. The lowest BCUT2D eigenvalue weighted by Gasteiger charge is -2.35. The van der Waals surface area contributed by atoms with Crippen LogP contribution in [-0.2, 0) is 7.05 Å². The molecule has 7 heteroatoms. The van der Waals surface area contributed by atoms with Crippen molar-refractivity contribution in [3.8, 4) is 0 Å². The summed E-state index contributed by atoms with van der Waals surface area (Å²) < 4.78 is 21.2. The number of carbonyl (C=O) groups is 1. The molecule has 2 aromatic heterocycles. The van der Waals surface area contributed by atoms with E-state index < -0.39 is 0 Å². The Morgan fingerprint density at radius 3 is 3.04 bits per heavy atom. The second-order valence-electron chi connectivity index (χ2n) is 6.31. The summed E-state index contributed by atoms with van der Waals surface area (Å²) in [4.78, 5) is 19.3. The van der Waals surface area contributed by atoms with Crippen molar-refractivity contribution in [2.75, 3.05) is 19.6 Å². The molecule has 1 unspecified atom stereocenters. The van der Waals surface area contributed by atoms with Crippen LogP contribution in [0.1, 0.15) is 28.0 Å². The van der Waals surface area contributed by atoms with Crippen molar-refractivity contribution >= 4 is 16.9 Å². The largest absolute Gasteiger partial charge is 0.451 e. The highest BCUT2D eigenvalue weighted by Crippen LogP contribution is 2.29. The van der Waals surface area contributed by atoms with Gasteiger partial charge >= 0.3 is 0 Å². The molecule has 1 aliphatic rings. The Morgan fingerprint density at radius 1 is 1.44 bits per heavy atom. The summed E-state index contributed by atoms with van der Waals surface area (Å²) in [7, 11) is 1.91. The summed E-state index contributed by atoms with van der Waals surface area (Å²) in [5.74, 6) is 0.550. The SMILES string of the molecule is Cc1c(C(=O)N2CCNCC2c2nccn2C)oc2ccc(F)cc12. The Hall–Kier alpha value is -2.67. The number of hydrogen-bond donors (Lipinski definition) is 1. The van der Waals surface area contributed by atoms with Crippen molar-refractivity contribution < 1.29 is 13.6 Å². The van der Waals surface area contributed by atoms with Gasteiger partial charge in [-0.25, -0.2) is 9.37 Å². The van der Waals surface area contributed by atoms with Crippen molar-refractivity contribution in [2.45, 2.75) is 13.0 Å². The molecule has 1 atom stereocenters. The zero-order valence-electron chi connectivity index (χ0n) is 14.1. The van der Waals surface area contributed by atoms with Crippen LogP contribution >= 0.6 is 0 Å². The van der Waals surface area contributed by atoms with Gasteiger partial charge in [-0.2, -0.15) is 0 Å². The van der Waals surface area contributed by atoms with Gasteiger partial charge in [-0.05, 0) is 25.1 Å². The lowest BCUT2D eigenvalue weighted by atomic mass is 10.1. The fourth-order valence-corrected chi connectivity index (χ4v) is 3.40. The zero-order chi connectivity index (χ0) is 17.6. The number of nitrogens with zero attached hydrogens (tertiary/aromatic N) is 3. The molecule has 1 aromatic carbocycles. The lowest BCUT2D eigenvalue weighted by Crippen LogP contribution is -2.49. The standard InChI is InChI=1S/C18H19FN4O2/c1-11-13-9-12(19)3-4-15(13)25-16(11)18(24)23-8-5-20-10-14(23)17-21-6-7-22(17)2/h3-4,6-7,9,14,20H,5,8,10H2,1-2H3. The number of imidazole rings is 1. The molecule has 1 fully saturated rings. The average Bonchev–Trinajstić information content (AvgIpc) is 3.18. The van der Waals surface area contributed by atoms with E-state index >= 15 is 0 Å². The number of nitrogens with one attached hydrogen (secondary N) is 1. The maximum atomic E-state index is 13.5. The smallest absolute Gasteiger partial charge is 0.290 e. The van der Waals surface area contributed by atoms with Gasteiger partial charge in [0, 0.05) is 50.0 Å². The highest BCUT2D eigenvalue weighted by Gasteiger charge is 2.33. The molecule has 3 aromatic rings. The van der Waals surface area contributed by atoms with Crippen LogP contribution in [0.2, 0.25) is 0 Å². The van der Waals surface area contributed by atoms with E-state index in [-0.39, 0.29) is 23.5 Å². The third-order valence-corrected chi connectivity index (χ3v) is 4.75. The van der Waals surface area contributed by atoms with Crippen LogP contribution in [-0.4, -0.2) is 40.0 Å². The topological polar surface area (TPSA) is 63.3 Å². The van der Waals surface area contributed by atoms with Gasteiger partial charge in [-0.3, -0.25) is 4.79 Å². The highest BCUT2D eigenvalue weighted by molar-refractivity contribution is 5.99. The molecular weight excluding hydrogens is 323 g/mol. The molecule has 4 rings (SSSR count). The van der Waals surface area contributed by atoms with Crippen molar-refractivity contribution in [3.05, 3.63) is 53.6 Å². The van der Waals surface area contributed by atoms with Crippen LogP contribution in [0.4, 0.5) is 4.39 Å². The zero-order valence-corrected chi connectivity index (χ0v) is 14.1. The molecule has 1 aliphatic heterocycles. The number of carbonyl (C=O) groups excluding carboxylic acids is 1. The van der Waals surface area contributed by atoms with Gasteiger partial charge in [0.05, 0.1) is 0 Å². The predicted molar refractivity (Wildman–Crippen MR) is 90.8 cm³/mol. The van der Waals surface area contributed by atoms with Gasteiger partial charge in [0.15, 0.2) is 5.76 Å². The number of piperazine rings is 1. The number of fused-ring (bicyclic) bond motifs is 1. The Bertz CT molecular complexity index is 946. The summed E-state index contributed by atoms with van der Waals surface area (Å²) >= 11 is 0. The van der Waals surface area contributed by atoms with Gasteiger partial charge in [0.1, 0.15) is 23.3 Å². The van der Waals surface area contributed by atoms with Crippen LogP contribution in [0.15, 0.2) is 35.0 Å². The maximum Gasteiger partial charge on any atom is 0.290 e. The van der Waals surface area contributed by atoms with Gasteiger partial charge in [0.2, 0.25) is 0 Å². The van der Waals surface area contributed by atoms with Crippen molar-refractivity contribution in [1.82, 2.24) is 19.8 Å². The molecule has 0 radical (unpaired) electrons. The van der Waals surface area contributed by atoms with E-state index in [4.69, 9.17) is 4.42 Å². The number of amides is 1. The van der Waals surface area contributed by atoms with Gasteiger partial charge in [-0.15, -0.1) is 0 Å². The molecule has 1 N–H and O–H groups in total. The Morgan fingerprint density at radius 2 is 2.28 bits per heavy atom. The number of furan rings is 1. The third-order valence-electron chi connectivity index (χ3n) is 4.75. The monoisotopic (exact) mass is 342 g/mol. The van der Waals surface area contributed by atoms with E-state index in [0.29, 0.717) is 36.2 Å². The molecule has 6 nitrogen and oxygen atoms in total. The molecule has 0 aliphatic carbocycles. The van der Waals surface area contributed by atoms with Gasteiger partial charge in [-0.1, -0.05) is 0 Å². The van der Waals surface area contributed by atoms with Crippen molar-refractivity contribution in [1.29, 1.82) is 0 Å². The van der Waals surface area contributed by atoms with Crippen molar-refractivity contribution in [2.24, 2.45) is 7.05 Å². The summed E-state index contributed by atoms with van der Waals surface area (Å²) in [6.07, 6.45) is 3.59. The second-order valence-corrected chi connectivity index (χ2v) is 6.31. The minimum atomic E-state index is -0.344. The molecule has 3 heterocycles. The molecule has 1 amide bonds. The number of hydrogen-bond acceptors (Lipinski definition) is 4. The Labute approximate surface area is 144 Å². The number of aryl methyl sites for hydroxylation is 2. The maximum absolute atomic E-state index is 13.5. The molecule has 0 bridgehead atoms. The fraction of sp³-hybridized carbons (Fsp3) is 0.333. The van der Waals surface area contributed by atoms with Crippen LogP contribution in [0, 0.1) is 12.7 Å². The minimum Gasteiger partial charge on any atom is -0.451 e. The lowest BCUT2D eigenvalue weighted by molar-refractivity contribution is 0.0589. The summed E-state index contributed by atoms with van der Waals surface area (Å²) in [5, 5.41) is 3.94. The van der Waals surface area contributed by atoms with E-state index in [9.17, 15) is 9.18 Å². The van der Waals surface area contributed by atoms with Gasteiger partial charge < -0.3 is 19.2 Å². The van der Waals surface area contributed by atoms with E-state index in [1.807, 2.05) is 17.8 Å². The van der Waals surface area contributed by atoms with Crippen molar-refractivity contribution in [3.63, 3.8) is 0 Å². The van der Waals surface area contributed by atoms with E-state index in [2.05, 4.69) is 10.3 Å². The number of halogens is 1. The normalized spacial score (nSPS) is 18.0. The number of aromatic nitrogens is 2. The molecule has 25 heavy (non-hydrogen) atoms. The second kappa shape index (κ2) is 6.00. The molecule has 0 saturated carbocycles. The molecule has 0 spiro atoms. The fourth-order valence-electron chi connectivity index (χ4n) is 3.40. The number of rotatable bonds is 2. The summed E-state index contributed by atoms with van der Waals surface area (Å²) in [5.41, 5.74) is 1.18. The van der Waals surface area contributed by atoms with E-state index in [1.165, 1.54) is 12.1 Å². The van der Waals surface area contributed by atoms with E-state index in [1.54, 1.807) is 24.1 Å². The third kappa shape index (κ3) is 2.60. The van der Waals surface area contributed by atoms with Crippen LogP contribution in [0.25, 0.3) is 11.0 Å². The first-order valence-corrected chi connectivity index (χ1v) is 8.24. The first-order chi connectivity index (χ1) is 12.1.